The normalized spacial score (nSPS) is 17.9. The van der Waals surface area contributed by atoms with E-state index in [-0.39, 0.29) is 16.3 Å². The minimum absolute atomic E-state index is 0.00164. The largest absolute Gasteiger partial charge is 0.351 e. The van der Waals surface area contributed by atoms with E-state index in [0.717, 1.165) is 37.3 Å². The number of nitrogens with one attached hydrogen (secondary N) is 2. The Morgan fingerprint density at radius 2 is 2.26 bits per heavy atom. The molecule has 1 amide bonds. The van der Waals surface area contributed by atoms with Crippen molar-refractivity contribution in [1.29, 1.82) is 0 Å². The highest BCUT2D eigenvalue weighted by molar-refractivity contribution is 7.13. The van der Waals surface area contributed by atoms with Crippen molar-refractivity contribution >= 4 is 22.2 Å². The van der Waals surface area contributed by atoms with Gasteiger partial charge in [-0.15, -0.1) is 0 Å². The molecule has 1 fully saturated rings. The van der Waals surface area contributed by atoms with Crippen LogP contribution in [0.25, 0.3) is 0 Å². The smallest absolute Gasteiger partial charge is 0.324 e. The molecule has 19 heavy (non-hydrogen) atoms. The summed E-state index contributed by atoms with van der Waals surface area (Å²) in [6.45, 7) is 4.70. The third-order valence-corrected chi connectivity index (χ3v) is 4.39. The molecule has 0 spiro atoms. The van der Waals surface area contributed by atoms with Crippen LogP contribution in [0.5, 0.6) is 0 Å². The Morgan fingerprint density at radius 3 is 2.84 bits per heavy atom. The molecule has 7 heteroatoms. The molecular formula is C12H17N3O3S. The molecule has 0 saturated carbocycles. The Kier molecular flexibility index (Phi) is 4.16. The van der Waals surface area contributed by atoms with Crippen molar-refractivity contribution in [3.8, 4) is 0 Å². The Balaban J connectivity index is 1.91. The lowest BCUT2D eigenvalue weighted by Crippen LogP contribution is -2.42. The van der Waals surface area contributed by atoms with Crippen LogP contribution < -0.4 is 10.6 Å². The summed E-state index contributed by atoms with van der Waals surface area (Å²) in [6.07, 6.45) is 2.05. The van der Waals surface area contributed by atoms with Crippen LogP contribution >= 0.6 is 11.3 Å². The fourth-order valence-corrected chi connectivity index (χ4v) is 2.85. The lowest BCUT2D eigenvalue weighted by Gasteiger charge is -2.34. The van der Waals surface area contributed by atoms with Gasteiger partial charge in [0, 0.05) is 18.0 Å². The number of thiophene rings is 1. The van der Waals surface area contributed by atoms with E-state index in [4.69, 9.17) is 0 Å². The first-order chi connectivity index (χ1) is 9.00. The second-order valence-corrected chi connectivity index (χ2v) is 6.06. The Labute approximate surface area is 115 Å². The van der Waals surface area contributed by atoms with E-state index in [0.29, 0.717) is 12.1 Å². The van der Waals surface area contributed by atoms with Crippen LogP contribution in [0.3, 0.4) is 0 Å². The van der Waals surface area contributed by atoms with Crippen LogP contribution in [0.2, 0.25) is 0 Å². The van der Waals surface area contributed by atoms with Crippen molar-refractivity contribution in [1.82, 2.24) is 10.6 Å². The quantitative estimate of drug-likeness (QED) is 0.651. The lowest BCUT2D eigenvalue weighted by molar-refractivity contribution is -0.380. The topological polar surface area (TPSA) is 84.3 Å². The van der Waals surface area contributed by atoms with E-state index in [9.17, 15) is 14.9 Å². The average Bonchev–Trinajstić information content (AvgIpc) is 2.87. The summed E-state index contributed by atoms with van der Waals surface area (Å²) in [5.41, 5.74) is 0.484. The monoisotopic (exact) mass is 283 g/mol. The van der Waals surface area contributed by atoms with Gasteiger partial charge in [-0.3, -0.25) is 14.9 Å². The number of nitrogens with zero attached hydrogens (tertiary/aromatic N) is 1. The molecule has 2 N–H and O–H groups in total. The Bertz CT molecular complexity index is 480. The van der Waals surface area contributed by atoms with Gasteiger partial charge >= 0.3 is 5.00 Å². The molecule has 1 saturated heterocycles. The predicted molar refractivity (Wildman–Crippen MR) is 73.5 cm³/mol. The molecule has 104 valence electrons. The second-order valence-electron chi connectivity index (χ2n) is 5.17. The summed E-state index contributed by atoms with van der Waals surface area (Å²) in [5.74, 6) is -0.232. The first-order valence-corrected chi connectivity index (χ1v) is 7.10. The van der Waals surface area contributed by atoms with Crippen LogP contribution in [-0.2, 0) is 0 Å². The number of amides is 1. The van der Waals surface area contributed by atoms with Crippen molar-refractivity contribution in [2.45, 2.75) is 19.8 Å². The van der Waals surface area contributed by atoms with Crippen LogP contribution in [-0.4, -0.2) is 30.5 Å². The van der Waals surface area contributed by atoms with Crippen LogP contribution in [0.1, 0.15) is 30.1 Å². The van der Waals surface area contributed by atoms with Crippen molar-refractivity contribution in [3.05, 3.63) is 27.1 Å². The molecule has 1 aliphatic heterocycles. The molecule has 0 unspecified atom stereocenters. The molecule has 2 rings (SSSR count). The van der Waals surface area contributed by atoms with E-state index >= 15 is 0 Å². The summed E-state index contributed by atoms with van der Waals surface area (Å²) in [6, 6.07) is 1.32. The molecule has 2 heterocycles. The molecular weight excluding hydrogens is 266 g/mol. The van der Waals surface area contributed by atoms with Gasteiger partial charge < -0.3 is 10.6 Å². The van der Waals surface area contributed by atoms with Gasteiger partial charge in [-0.1, -0.05) is 18.3 Å². The first-order valence-electron chi connectivity index (χ1n) is 6.22. The number of piperidine rings is 1. The van der Waals surface area contributed by atoms with Gasteiger partial charge in [0.2, 0.25) is 0 Å². The zero-order valence-electron chi connectivity index (χ0n) is 10.8. The summed E-state index contributed by atoms with van der Waals surface area (Å²) in [7, 11) is 0. The Morgan fingerprint density at radius 1 is 1.58 bits per heavy atom. The summed E-state index contributed by atoms with van der Waals surface area (Å²) in [5, 5.41) is 18.3. The van der Waals surface area contributed by atoms with Gasteiger partial charge in [0.15, 0.2) is 0 Å². The van der Waals surface area contributed by atoms with Gasteiger partial charge in [0.25, 0.3) is 5.91 Å². The number of hydrogen-bond donors (Lipinski definition) is 2. The van der Waals surface area contributed by atoms with E-state index in [1.807, 2.05) is 0 Å². The van der Waals surface area contributed by atoms with E-state index in [2.05, 4.69) is 17.6 Å². The van der Waals surface area contributed by atoms with Gasteiger partial charge in [-0.25, -0.2) is 0 Å². The molecule has 0 aliphatic carbocycles. The highest BCUT2D eigenvalue weighted by atomic mass is 32.1. The number of rotatable bonds is 4. The van der Waals surface area contributed by atoms with Crippen molar-refractivity contribution < 1.29 is 9.72 Å². The Hall–Kier alpha value is -1.47. The zero-order valence-corrected chi connectivity index (χ0v) is 11.6. The molecule has 6 nitrogen and oxygen atoms in total. The second kappa shape index (κ2) is 5.66. The molecule has 0 atom stereocenters. The van der Waals surface area contributed by atoms with E-state index < -0.39 is 4.92 Å². The molecule has 1 aromatic heterocycles. The SMILES string of the molecule is CC1(CNC(=O)c2csc([N+](=O)[O-])c2)CCNCC1. The summed E-state index contributed by atoms with van der Waals surface area (Å²) < 4.78 is 0. The van der Waals surface area contributed by atoms with Crippen LogP contribution in [0.15, 0.2) is 11.4 Å². The number of carbonyl (C=O) groups is 1. The highest BCUT2D eigenvalue weighted by Gasteiger charge is 2.27. The third kappa shape index (κ3) is 3.51. The molecule has 1 aromatic rings. The van der Waals surface area contributed by atoms with Crippen molar-refractivity contribution in [2.75, 3.05) is 19.6 Å². The van der Waals surface area contributed by atoms with Crippen LogP contribution in [0.4, 0.5) is 5.00 Å². The molecule has 0 aromatic carbocycles. The average molecular weight is 283 g/mol. The van der Waals surface area contributed by atoms with Gasteiger partial charge in [0.1, 0.15) is 0 Å². The standard InChI is InChI=1S/C12H17N3O3S/c1-12(2-4-13-5-3-12)8-14-11(16)9-6-10(15(17)18)19-7-9/h6-7,13H,2-5,8H2,1H3,(H,14,16). The zero-order chi connectivity index (χ0) is 13.9. The number of nitro groups is 1. The summed E-state index contributed by atoms with van der Waals surface area (Å²) >= 11 is 0.977. The molecule has 0 bridgehead atoms. The fraction of sp³-hybridized carbons (Fsp3) is 0.583. The minimum atomic E-state index is -0.477. The number of carbonyl (C=O) groups excluding carboxylic acids is 1. The highest BCUT2D eigenvalue weighted by Crippen LogP contribution is 2.27. The predicted octanol–water partition coefficient (Wildman–Crippen LogP) is 1.78. The maximum absolute atomic E-state index is 11.9. The minimum Gasteiger partial charge on any atom is -0.351 e. The maximum atomic E-state index is 11.9. The molecule has 0 radical (unpaired) electrons. The molecule has 1 aliphatic rings. The third-order valence-electron chi connectivity index (χ3n) is 3.51. The number of hydrogen-bond acceptors (Lipinski definition) is 5. The van der Waals surface area contributed by atoms with Gasteiger partial charge in [-0.05, 0) is 31.3 Å². The van der Waals surface area contributed by atoms with Crippen molar-refractivity contribution in [3.63, 3.8) is 0 Å². The van der Waals surface area contributed by atoms with E-state index in [1.165, 1.54) is 11.4 Å². The van der Waals surface area contributed by atoms with Gasteiger partial charge in [0.05, 0.1) is 10.5 Å². The van der Waals surface area contributed by atoms with Crippen LogP contribution in [0, 0.1) is 15.5 Å². The van der Waals surface area contributed by atoms with Crippen molar-refractivity contribution in [2.24, 2.45) is 5.41 Å². The maximum Gasteiger partial charge on any atom is 0.324 e. The van der Waals surface area contributed by atoms with E-state index in [1.54, 1.807) is 0 Å². The summed E-state index contributed by atoms with van der Waals surface area (Å²) in [4.78, 5) is 22.0. The van der Waals surface area contributed by atoms with Gasteiger partial charge in [-0.2, -0.15) is 0 Å². The fourth-order valence-electron chi connectivity index (χ4n) is 2.14. The lowest BCUT2D eigenvalue weighted by atomic mass is 9.81. The first kappa shape index (κ1) is 14.0.